The Balaban J connectivity index is 2.33. The molecule has 1 amide bonds. The van der Waals surface area contributed by atoms with Crippen LogP contribution in [0.15, 0.2) is 18.2 Å². The molecule has 0 bridgehead atoms. The van der Waals surface area contributed by atoms with E-state index < -0.39 is 10.8 Å². The van der Waals surface area contributed by atoms with E-state index in [1.807, 2.05) is 0 Å². The van der Waals surface area contributed by atoms with Crippen molar-refractivity contribution < 1.29 is 9.00 Å². The molecule has 2 atom stereocenters. The van der Waals surface area contributed by atoms with Crippen LogP contribution in [0.1, 0.15) is 33.1 Å². The van der Waals surface area contributed by atoms with Crippen molar-refractivity contribution in [2.24, 2.45) is 5.92 Å². The minimum atomic E-state index is -0.843. The summed E-state index contributed by atoms with van der Waals surface area (Å²) in [6, 6.07) is 4.95. The van der Waals surface area contributed by atoms with Gasteiger partial charge in [0, 0.05) is 33.7 Å². The van der Waals surface area contributed by atoms with Gasteiger partial charge in [-0.2, -0.15) is 0 Å². The summed E-state index contributed by atoms with van der Waals surface area (Å²) in [5.41, 5.74) is 6.77. The average molecular weight is 331 g/mol. The number of nitrogen functional groups attached to an aromatic ring is 1. The van der Waals surface area contributed by atoms with Crippen molar-refractivity contribution in [1.82, 2.24) is 0 Å². The maximum Gasteiger partial charge on any atom is 0.224 e. The number of anilines is 2. The zero-order valence-electron chi connectivity index (χ0n) is 12.5. The van der Waals surface area contributed by atoms with Gasteiger partial charge in [0.2, 0.25) is 5.91 Å². The third-order valence-electron chi connectivity index (χ3n) is 3.23. The smallest absolute Gasteiger partial charge is 0.224 e. The second-order valence-electron chi connectivity index (χ2n) is 5.21. The van der Waals surface area contributed by atoms with Crippen molar-refractivity contribution in [3.63, 3.8) is 0 Å². The number of halogens is 1. The Morgan fingerprint density at radius 2 is 2.19 bits per heavy atom. The number of carbonyl (C=O) groups excluding carboxylic acids is 1. The molecule has 1 aromatic carbocycles. The van der Waals surface area contributed by atoms with E-state index in [1.165, 1.54) is 0 Å². The summed E-state index contributed by atoms with van der Waals surface area (Å²) in [6.45, 7) is 4.18. The first kappa shape index (κ1) is 18.0. The summed E-state index contributed by atoms with van der Waals surface area (Å²) in [7, 11) is -0.843. The Hall–Kier alpha value is -1.07. The maximum absolute atomic E-state index is 11.8. The van der Waals surface area contributed by atoms with Crippen molar-refractivity contribution in [3.8, 4) is 0 Å². The molecule has 21 heavy (non-hydrogen) atoms. The van der Waals surface area contributed by atoms with Crippen molar-refractivity contribution in [1.29, 1.82) is 0 Å². The van der Waals surface area contributed by atoms with Gasteiger partial charge >= 0.3 is 0 Å². The average Bonchev–Trinajstić information content (AvgIpc) is 2.41. The van der Waals surface area contributed by atoms with Gasteiger partial charge in [-0.05, 0) is 30.5 Å². The van der Waals surface area contributed by atoms with E-state index in [0.29, 0.717) is 46.7 Å². The second-order valence-corrected chi connectivity index (χ2v) is 7.27. The lowest BCUT2D eigenvalue weighted by Gasteiger charge is -2.09. The Bertz CT molecular complexity index is 508. The Morgan fingerprint density at radius 3 is 2.81 bits per heavy atom. The van der Waals surface area contributed by atoms with Gasteiger partial charge in [0.05, 0.1) is 11.4 Å². The van der Waals surface area contributed by atoms with Crippen LogP contribution in [-0.4, -0.2) is 21.6 Å². The van der Waals surface area contributed by atoms with Gasteiger partial charge in [0.1, 0.15) is 0 Å². The van der Waals surface area contributed by atoms with E-state index in [4.69, 9.17) is 17.3 Å². The van der Waals surface area contributed by atoms with Crippen LogP contribution in [0.5, 0.6) is 0 Å². The van der Waals surface area contributed by atoms with Crippen molar-refractivity contribution in [2.75, 3.05) is 22.6 Å². The lowest BCUT2D eigenvalue weighted by molar-refractivity contribution is -0.116. The van der Waals surface area contributed by atoms with E-state index in [2.05, 4.69) is 19.2 Å². The highest BCUT2D eigenvalue weighted by Gasteiger charge is 2.09. The number of benzene rings is 1. The molecule has 0 spiro atoms. The third-order valence-corrected chi connectivity index (χ3v) is 5.15. The molecule has 0 radical (unpaired) electrons. The summed E-state index contributed by atoms with van der Waals surface area (Å²) in [6.07, 6.45) is 1.98. The highest BCUT2D eigenvalue weighted by atomic mass is 35.5. The van der Waals surface area contributed by atoms with Crippen LogP contribution < -0.4 is 11.1 Å². The van der Waals surface area contributed by atoms with Crippen LogP contribution in [0.3, 0.4) is 0 Å². The lowest BCUT2D eigenvalue weighted by atomic mass is 10.2. The molecule has 0 heterocycles. The van der Waals surface area contributed by atoms with Gasteiger partial charge in [0.15, 0.2) is 0 Å². The van der Waals surface area contributed by atoms with E-state index in [0.717, 1.165) is 6.42 Å². The molecule has 6 heteroatoms. The molecule has 0 aliphatic rings. The molecule has 1 aromatic rings. The Morgan fingerprint density at radius 1 is 1.48 bits per heavy atom. The fourth-order valence-corrected chi connectivity index (χ4v) is 3.46. The fraction of sp³-hybridized carbons (Fsp3) is 0.533. The van der Waals surface area contributed by atoms with Crippen LogP contribution in [0, 0.1) is 5.92 Å². The van der Waals surface area contributed by atoms with Crippen LogP contribution in [0.4, 0.5) is 11.4 Å². The topological polar surface area (TPSA) is 72.2 Å². The summed E-state index contributed by atoms with van der Waals surface area (Å²) >= 11 is 5.80. The molecule has 3 N–H and O–H groups in total. The van der Waals surface area contributed by atoms with E-state index in [1.54, 1.807) is 18.2 Å². The van der Waals surface area contributed by atoms with Crippen molar-refractivity contribution in [3.05, 3.63) is 23.2 Å². The molecule has 0 saturated carbocycles. The highest BCUT2D eigenvalue weighted by Crippen LogP contribution is 2.22. The predicted octanol–water partition coefficient (Wildman–Crippen LogP) is 3.44. The molecule has 0 fully saturated rings. The molecule has 0 aromatic heterocycles. The number of hydrogen-bond donors (Lipinski definition) is 2. The molecule has 1 rings (SSSR count). The van der Waals surface area contributed by atoms with Crippen LogP contribution in [0.25, 0.3) is 0 Å². The molecular formula is C15H23ClN2O2S. The maximum atomic E-state index is 11.8. The second kappa shape index (κ2) is 9.05. The lowest BCUT2D eigenvalue weighted by Crippen LogP contribution is -2.15. The predicted molar refractivity (Wildman–Crippen MR) is 91.1 cm³/mol. The van der Waals surface area contributed by atoms with Crippen LogP contribution >= 0.6 is 11.6 Å². The van der Waals surface area contributed by atoms with E-state index >= 15 is 0 Å². The number of hydrogen-bond acceptors (Lipinski definition) is 3. The molecule has 2 unspecified atom stereocenters. The molecule has 0 aliphatic heterocycles. The van der Waals surface area contributed by atoms with E-state index in [9.17, 15) is 9.00 Å². The van der Waals surface area contributed by atoms with Crippen molar-refractivity contribution in [2.45, 2.75) is 33.1 Å². The number of rotatable bonds is 8. The van der Waals surface area contributed by atoms with Crippen LogP contribution in [-0.2, 0) is 15.6 Å². The Labute approximate surface area is 133 Å². The van der Waals surface area contributed by atoms with Crippen molar-refractivity contribution >= 4 is 39.7 Å². The summed E-state index contributed by atoms with van der Waals surface area (Å²) in [4.78, 5) is 11.8. The summed E-state index contributed by atoms with van der Waals surface area (Å²) in [5.74, 6) is 1.62. The SMILES string of the molecule is CCC(C)CS(=O)CCCC(=O)Nc1ccc(Cl)cc1N. The Kier molecular flexibility index (Phi) is 7.75. The van der Waals surface area contributed by atoms with E-state index in [-0.39, 0.29) is 5.91 Å². The number of carbonyl (C=O) groups is 1. The molecular weight excluding hydrogens is 308 g/mol. The summed E-state index contributed by atoms with van der Waals surface area (Å²) in [5, 5.41) is 3.27. The number of nitrogens with two attached hydrogens (primary N) is 1. The highest BCUT2D eigenvalue weighted by molar-refractivity contribution is 7.84. The zero-order chi connectivity index (χ0) is 15.8. The quantitative estimate of drug-likeness (QED) is 0.717. The normalized spacial score (nSPS) is 13.7. The monoisotopic (exact) mass is 330 g/mol. The summed E-state index contributed by atoms with van der Waals surface area (Å²) < 4.78 is 11.8. The van der Waals surface area contributed by atoms with Gasteiger partial charge in [-0.3, -0.25) is 9.00 Å². The van der Waals surface area contributed by atoms with Gasteiger partial charge in [-0.15, -0.1) is 0 Å². The number of amides is 1. The molecule has 0 saturated heterocycles. The van der Waals surface area contributed by atoms with Gasteiger partial charge in [0.25, 0.3) is 0 Å². The first-order chi connectivity index (χ1) is 9.92. The standard InChI is InChI=1S/C15H23ClN2O2S/c1-3-11(2)10-21(20)8-4-5-15(19)18-14-7-6-12(16)9-13(14)17/h6-7,9,11H,3-5,8,10,17H2,1-2H3,(H,18,19). The minimum absolute atomic E-state index is 0.121. The van der Waals surface area contributed by atoms with Gasteiger partial charge < -0.3 is 11.1 Å². The molecule has 118 valence electrons. The van der Waals surface area contributed by atoms with Crippen LogP contribution in [0.2, 0.25) is 5.02 Å². The number of nitrogens with one attached hydrogen (secondary N) is 1. The zero-order valence-corrected chi connectivity index (χ0v) is 14.1. The molecule has 0 aliphatic carbocycles. The molecule has 4 nitrogen and oxygen atoms in total. The largest absolute Gasteiger partial charge is 0.397 e. The fourth-order valence-electron chi connectivity index (χ4n) is 1.77. The van der Waals surface area contributed by atoms with Gasteiger partial charge in [-0.25, -0.2) is 0 Å². The van der Waals surface area contributed by atoms with Gasteiger partial charge in [-0.1, -0.05) is 31.9 Å². The minimum Gasteiger partial charge on any atom is -0.397 e. The first-order valence-corrected chi connectivity index (χ1v) is 8.98. The first-order valence-electron chi connectivity index (χ1n) is 7.12. The third kappa shape index (κ3) is 6.96.